The van der Waals surface area contributed by atoms with Gasteiger partial charge in [-0.3, -0.25) is 4.79 Å². The number of carbonyl (C=O) groups excluding carboxylic acids is 1. The predicted octanol–water partition coefficient (Wildman–Crippen LogP) is 0.611. The van der Waals surface area contributed by atoms with Crippen LogP contribution in [0.2, 0.25) is 0 Å². The number of halogens is 2. The first-order chi connectivity index (χ1) is 7.47. The lowest BCUT2D eigenvalue weighted by Gasteiger charge is -2.16. The third-order valence-corrected chi connectivity index (χ3v) is 2.10. The number of rotatable bonds is 3. The van der Waals surface area contributed by atoms with E-state index in [9.17, 15) is 13.6 Å². The van der Waals surface area contributed by atoms with Gasteiger partial charge in [-0.25, -0.2) is 8.78 Å². The van der Waals surface area contributed by atoms with E-state index in [1.54, 1.807) is 0 Å². The Labute approximate surface area is 91.3 Å². The summed E-state index contributed by atoms with van der Waals surface area (Å²) >= 11 is 0. The molecule has 0 aliphatic rings. The molecular weight excluding hydrogens is 218 g/mol. The van der Waals surface area contributed by atoms with Crippen molar-refractivity contribution in [1.29, 1.82) is 0 Å². The van der Waals surface area contributed by atoms with Gasteiger partial charge in [-0.1, -0.05) is 0 Å². The lowest BCUT2D eigenvalue weighted by Crippen LogP contribution is -2.30. The van der Waals surface area contributed by atoms with Gasteiger partial charge in [0.1, 0.15) is 0 Å². The van der Waals surface area contributed by atoms with Gasteiger partial charge in [0.05, 0.1) is 12.2 Å². The highest BCUT2D eigenvalue weighted by Gasteiger charge is 2.17. The van der Waals surface area contributed by atoms with Gasteiger partial charge in [-0.2, -0.15) is 0 Å². The van der Waals surface area contributed by atoms with Crippen LogP contribution in [0.1, 0.15) is 10.4 Å². The standard InChI is InChI=1S/C10H12F2N2O2/c1-14(2-3-15)10(16)6-4-7(11)8(12)5-9(6)13/h4-5,15H,2-3,13H2,1H3. The maximum atomic E-state index is 12.9. The monoisotopic (exact) mass is 230 g/mol. The number of benzene rings is 1. The first kappa shape index (κ1) is 12.4. The number of anilines is 1. The second-order valence-corrected chi connectivity index (χ2v) is 3.30. The van der Waals surface area contributed by atoms with Crippen LogP contribution in [-0.2, 0) is 0 Å². The number of nitrogen functional groups attached to an aromatic ring is 1. The van der Waals surface area contributed by atoms with Crippen molar-refractivity contribution in [1.82, 2.24) is 4.90 Å². The molecule has 1 amide bonds. The quantitative estimate of drug-likeness (QED) is 0.748. The number of carbonyl (C=O) groups is 1. The average Bonchev–Trinajstić information content (AvgIpc) is 2.23. The number of nitrogens with zero attached hydrogens (tertiary/aromatic N) is 1. The molecular formula is C10H12F2N2O2. The number of aliphatic hydroxyl groups excluding tert-OH is 1. The molecule has 1 rings (SSSR count). The van der Waals surface area contributed by atoms with E-state index in [1.165, 1.54) is 11.9 Å². The van der Waals surface area contributed by atoms with E-state index in [1.807, 2.05) is 0 Å². The van der Waals surface area contributed by atoms with E-state index in [0.717, 1.165) is 12.1 Å². The van der Waals surface area contributed by atoms with Crippen molar-refractivity contribution in [2.45, 2.75) is 0 Å². The van der Waals surface area contributed by atoms with E-state index >= 15 is 0 Å². The van der Waals surface area contributed by atoms with Gasteiger partial charge in [-0.05, 0) is 6.07 Å². The molecule has 0 unspecified atom stereocenters. The topological polar surface area (TPSA) is 66.6 Å². The minimum atomic E-state index is -1.13. The van der Waals surface area contributed by atoms with Crippen LogP contribution in [0.5, 0.6) is 0 Å². The average molecular weight is 230 g/mol. The first-order valence-electron chi connectivity index (χ1n) is 4.58. The highest BCUT2D eigenvalue weighted by atomic mass is 19.2. The number of nitrogens with two attached hydrogens (primary N) is 1. The third-order valence-electron chi connectivity index (χ3n) is 2.10. The molecule has 0 atom stereocenters. The number of aliphatic hydroxyl groups is 1. The molecule has 1 aromatic carbocycles. The Morgan fingerprint density at radius 1 is 1.44 bits per heavy atom. The van der Waals surface area contributed by atoms with E-state index in [4.69, 9.17) is 10.8 Å². The van der Waals surface area contributed by atoms with E-state index in [-0.39, 0.29) is 24.4 Å². The molecule has 3 N–H and O–H groups in total. The first-order valence-corrected chi connectivity index (χ1v) is 4.58. The molecule has 0 aromatic heterocycles. The normalized spacial score (nSPS) is 10.2. The van der Waals surface area contributed by atoms with Gasteiger partial charge >= 0.3 is 0 Å². The van der Waals surface area contributed by atoms with Crippen LogP contribution < -0.4 is 5.73 Å². The Kier molecular flexibility index (Phi) is 3.78. The lowest BCUT2D eigenvalue weighted by molar-refractivity contribution is 0.0767. The maximum Gasteiger partial charge on any atom is 0.255 e. The summed E-state index contributed by atoms with van der Waals surface area (Å²) in [5.74, 6) is -2.79. The molecule has 88 valence electrons. The number of amides is 1. The summed E-state index contributed by atoms with van der Waals surface area (Å²) in [5, 5.41) is 8.64. The fraction of sp³-hybridized carbons (Fsp3) is 0.300. The van der Waals surface area contributed by atoms with Crippen molar-refractivity contribution >= 4 is 11.6 Å². The van der Waals surface area contributed by atoms with Crippen LogP contribution in [0.15, 0.2) is 12.1 Å². The van der Waals surface area contributed by atoms with Gasteiger partial charge in [0.2, 0.25) is 0 Å². The minimum absolute atomic E-state index is 0.0945. The van der Waals surface area contributed by atoms with Gasteiger partial charge in [-0.15, -0.1) is 0 Å². The highest BCUT2D eigenvalue weighted by Crippen LogP contribution is 2.18. The van der Waals surface area contributed by atoms with Crippen molar-refractivity contribution < 1.29 is 18.7 Å². The van der Waals surface area contributed by atoms with Crippen molar-refractivity contribution in [2.24, 2.45) is 0 Å². The fourth-order valence-corrected chi connectivity index (χ4v) is 1.20. The summed E-state index contributed by atoms with van der Waals surface area (Å²) in [6.07, 6.45) is 0. The Hall–Kier alpha value is -1.69. The zero-order chi connectivity index (χ0) is 12.3. The minimum Gasteiger partial charge on any atom is -0.398 e. The molecule has 1 aromatic rings. The molecule has 0 aliphatic carbocycles. The second kappa shape index (κ2) is 4.89. The largest absolute Gasteiger partial charge is 0.398 e. The number of hydrogen-bond donors (Lipinski definition) is 2. The summed E-state index contributed by atoms with van der Waals surface area (Å²) in [4.78, 5) is 12.8. The van der Waals surface area contributed by atoms with Gasteiger partial charge in [0.25, 0.3) is 5.91 Å². The Morgan fingerprint density at radius 3 is 2.56 bits per heavy atom. The molecule has 0 spiro atoms. The highest BCUT2D eigenvalue weighted by molar-refractivity contribution is 5.99. The van der Waals surface area contributed by atoms with Crippen molar-refractivity contribution in [3.05, 3.63) is 29.3 Å². The summed E-state index contributed by atoms with van der Waals surface area (Å²) in [5.41, 5.74) is 5.16. The van der Waals surface area contributed by atoms with E-state index in [2.05, 4.69) is 0 Å². The van der Waals surface area contributed by atoms with Gasteiger partial charge in [0, 0.05) is 25.3 Å². The lowest BCUT2D eigenvalue weighted by atomic mass is 10.1. The zero-order valence-electron chi connectivity index (χ0n) is 8.70. The third kappa shape index (κ3) is 2.46. The fourth-order valence-electron chi connectivity index (χ4n) is 1.20. The van der Waals surface area contributed by atoms with Crippen molar-refractivity contribution in [3.63, 3.8) is 0 Å². The van der Waals surface area contributed by atoms with Crippen LogP contribution in [0.4, 0.5) is 14.5 Å². The maximum absolute atomic E-state index is 12.9. The Balaban J connectivity index is 3.04. The molecule has 0 fully saturated rings. The predicted molar refractivity (Wildman–Crippen MR) is 54.8 cm³/mol. The number of likely N-dealkylation sites (N-methyl/N-ethyl adjacent to an activating group) is 1. The summed E-state index contributed by atoms with van der Waals surface area (Å²) in [6, 6.07) is 1.51. The molecule has 0 aliphatic heterocycles. The summed E-state index contributed by atoms with van der Waals surface area (Å²) in [6.45, 7) is -0.122. The van der Waals surface area contributed by atoms with E-state index < -0.39 is 17.5 Å². The van der Waals surface area contributed by atoms with Crippen LogP contribution in [0, 0.1) is 11.6 Å². The molecule has 0 heterocycles. The summed E-state index contributed by atoms with van der Waals surface area (Å²) in [7, 11) is 1.43. The molecule has 0 bridgehead atoms. The Morgan fingerprint density at radius 2 is 2.00 bits per heavy atom. The SMILES string of the molecule is CN(CCO)C(=O)c1cc(F)c(F)cc1N. The van der Waals surface area contributed by atoms with Crippen LogP contribution in [-0.4, -0.2) is 36.1 Å². The molecule has 0 saturated heterocycles. The molecule has 4 nitrogen and oxygen atoms in total. The van der Waals surface area contributed by atoms with Gasteiger partial charge < -0.3 is 15.7 Å². The molecule has 6 heteroatoms. The molecule has 16 heavy (non-hydrogen) atoms. The van der Waals surface area contributed by atoms with Crippen LogP contribution >= 0.6 is 0 Å². The molecule has 0 saturated carbocycles. The second-order valence-electron chi connectivity index (χ2n) is 3.30. The van der Waals surface area contributed by atoms with Crippen LogP contribution in [0.3, 0.4) is 0 Å². The van der Waals surface area contributed by atoms with Gasteiger partial charge in [0.15, 0.2) is 11.6 Å². The zero-order valence-corrected chi connectivity index (χ0v) is 8.70. The van der Waals surface area contributed by atoms with Crippen LogP contribution in [0.25, 0.3) is 0 Å². The molecule has 0 radical (unpaired) electrons. The smallest absolute Gasteiger partial charge is 0.255 e. The van der Waals surface area contributed by atoms with Crippen molar-refractivity contribution in [3.8, 4) is 0 Å². The van der Waals surface area contributed by atoms with E-state index in [0.29, 0.717) is 0 Å². The number of hydrogen-bond acceptors (Lipinski definition) is 3. The Bertz CT molecular complexity index is 410. The van der Waals surface area contributed by atoms with Crippen molar-refractivity contribution in [2.75, 3.05) is 25.9 Å². The summed E-state index contributed by atoms with van der Waals surface area (Å²) < 4.78 is 25.7.